The van der Waals surface area contributed by atoms with Gasteiger partial charge in [0, 0.05) is 12.6 Å². The van der Waals surface area contributed by atoms with Crippen LogP contribution in [0.2, 0.25) is 0 Å². The van der Waals surface area contributed by atoms with E-state index in [1.54, 1.807) is 19.3 Å². The SMILES string of the molecule is Cc1occc1C(=O)NC(CN)C1CCCCC1. The second kappa shape index (κ2) is 6.05. The van der Waals surface area contributed by atoms with Gasteiger partial charge in [-0.1, -0.05) is 19.3 Å². The van der Waals surface area contributed by atoms with Gasteiger partial charge in [0.05, 0.1) is 11.8 Å². The Morgan fingerprint density at radius 3 is 2.78 bits per heavy atom. The van der Waals surface area contributed by atoms with Crippen molar-refractivity contribution in [2.75, 3.05) is 6.54 Å². The highest BCUT2D eigenvalue weighted by Crippen LogP contribution is 2.26. The van der Waals surface area contributed by atoms with Gasteiger partial charge in [0.15, 0.2) is 0 Å². The van der Waals surface area contributed by atoms with Crippen LogP contribution in [0, 0.1) is 12.8 Å². The number of hydrogen-bond donors (Lipinski definition) is 2. The molecule has 1 amide bonds. The highest BCUT2D eigenvalue weighted by atomic mass is 16.3. The molecule has 1 saturated carbocycles. The summed E-state index contributed by atoms with van der Waals surface area (Å²) in [6.07, 6.45) is 7.70. The highest BCUT2D eigenvalue weighted by molar-refractivity contribution is 5.95. The molecule has 0 radical (unpaired) electrons. The summed E-state index contributed by atoms with van der Waals surface area (Å²) in [7, 11) is 0. The molecule has 1 aliphatic rings. The zero-order valence-electron chi connectivity index (χ0n) is 10.9. The molecular formula is C14H22N2O2. The molecule has 4 heteroatoms. The molecular weight excluding hydrogens is 228 g/mol. The molecule has 1 unspecified atom stereocenters. The molecule has 100 valence electrons. The van der Waals surface area contributed by atoms with E-state index in [-0.39, 0.29) is 11.9 Å². The fraction of sp³-hybridized carbons (Fsp3) is 0.643. The quantitative estimate of drug-likeness (QED) is 0.861. The maximum Gasteiger partial charge on any atom is 0.255 e. The van der Waals surface area contributed by atoms with Crippen LogP contribution >= 0.6 is 0 Å². The van der Waals surface area contributed by atoms with Crippen LogP contribution in [0.25, 0.3) is 0 Å². The van der Waals surface area contributed by atoms with Crippen LogP contribution in [-0.2, 0) is 0 Å². The molecule has 0 saturated heterocycles. The van der Waals surface area contributed by atoms with Gasteiger partial charge in [-0.05, 0) is 31.7 Å². The Bertz CT molecular complexity index is 394. The molecule has 0 aliphatic heterocycles. The van der Waals surface area contributed by atoms with Crippen LogP contribution in [-0.4, -0.2) is 18.5 Å². The number of aryl methyl sites for hydroxylation is 1. The fourth-order valence-electron chi connectivity index (χ4n) is 2.77. The first-order valence-corrected chi connectivity index (χ1v) is 6.77. The van der Waals surface area contributed by atoms with E-state index in [2.05, 4.69) is 5.32 Å². The van der Waals surface area contributed by atoms with Crippen molar-refractivity contribution in [3.05, 3.63) is 23.7 Å². The lowest BCUT2D eigenvalue weighted by Gasteiger charge is -2.30. The van der Waals surface area contributed by atoms with Gasteiger partial charge in [-0.2, -0.15) is 0 Å². The van der Waals surface area contributed by atoms with Crippen molar-refractivity contribution in [3.63, 3.8) is 0 Å². The Morgan fingerprint density at radius 2 is 2.22 bits per heavy atom. The number of rotatable bonds is 4. The summed E-state index contributed by atoms with van der Waals surface area (Å²) in [5.41, 5.74) is 6.42. The number of amides is 1. The van der Waals surface area contributed by atoms with E-state index >= 15 is 0 Å². The van der Waals surface area contributed by atoms with E-state index in [1.165, 1.54) is 32.1 Å². The van der Waals surface area contributed by atoms with Crippen LogP contribution in [0.15, 0.2) is 16.7 Å². The Labute approximate surface area is 108 Å². The van der Waals surface area contributed by atoms with Crippen molar-refractivity contribution in [1.82, 2.24) is 5.32 Å². The summed E-state index contributed by atoms with van der Waals surface area (Å²) in [5, 5.41) is 3.06. The minimum Gasteiger partial charge on any atom is -0.469 e. The van der Waals surface area contributed by atoms with Crippen molar-refractivity contribution < 1.29 is 9.21 Å². The Kier molecular flexibility index (Phi) is 4.42. The maximum absolute atomic E-state index is 12.1. The molecule has 0 spiro atoms. The zero-order valence-corrected chi connectivity index (χ0v) is 10.9. The first-order valence-electron chi connectivity index (χ1n) is 6.77. The van der Waals surface area contributed by atoms with Crippen LogP contribution < -0.4 is 11.1 Å². The van der Waals surface area contributed by atoms with Gasteiger partial charge in [0.1, 0.15) is 5.76 Å². The predicted molar refractivity (Wildman–Crippen MR) is 70.3 cm³/mol. The van der Waals surface area contributed by atoms with Gasteiger partial charge in [0.25, 0.3) is 5.91 Å². The Morgan fingerprint density at radius 1 is 1.50 bits per heavy atom. The van der Waals surface area contributed by atoms with Crippen LogP contribution in [0.5, 0.6) is 0 Å². The molecule has 4 nitrogen and oxygen atoms in total. The smallest absolute Gasteiger partial charge is 0.255 e. The molecule has 1 aliphatic carbocycles. The van der Waals surface area contributed by atoms with E-state index in [0.29, 0.717) is 23.8 Å². The van der Waals surface area contributed by atoms with Gasteiger partial charge in [-0.25, -0.2) is 0 Å². The second-order valence-corrected chi connectivity index (χ2v) is 5.10. The zero-order chi connectivity index (χ0) is 13.0. The lowest BCUT2D eigenvalue weighted by Crippen LogP contribution is -2.45. The Hall–Kier alpha value is -1.29. The number of furan rings is 1. The summed E-state index contributed by atoms with van der Waals surface area (Å²) in [4.78, 5) is 12.1. The van der Waals surface area contributed by atoms with Crippen LogP contribution in [0.4, 0.5) is 0 Å². The van der Waals surface area contributed by atoms with Gasteiger partial charge >= 0.3 is 0 Å². The van der Waals surface area contributed by atoms with Crippen molar-refractivity contribution in [2.45, 2.75) is 45.1 Å². The van der Waals surface area contributed by atoms with Crippen LogP contribution in [0.3, 0.4) is 0 Å². The number of hydrogen-bond acceptors (Lipinski definition) is 3. The molecule has 1 aromatic rings. The van der Waals surface area contributed by atoms with Crippen molar-refractivity contribution in [2.24, 2.45) is 11.7 Å². The van der Waals surface area contributed by atoms with E-state index in [0.717, 1.165) is 0 Å². The van der Waals surface area contributed by atoms with E-state index in [4.69, 9.17) is 10.2 Å². The summed E-state index contributed by atoms with van der Waals surface area (Å²) in [5.74, 6) is 1.12. The normalized spacial score (nSPS) is 18.6. The summed E-state index contributed by atoms with van der Waals surface area (Å²) in [6, 6.07) is 1.80. The van der Waals surface area contributed by atoms with Crippen molar-refractivity contribution >= 4 is 5.91 Å². The lowest BCUT2D eigenvalue weighted by molar-refractivity contribution is 0.0914. The van der Waals surface area contributed by atoms with Gasteiger partial charge in [-0.15, -0.1) is 0 Å². The van der Waals surface area contributed by atoms with E-state index in [1.807, 2.05) is 0 Å². The molecule has 1 fully saturated rings. The average molecular weight is 250 g/mol. The number of carbonyl (C=O) groups is 1. The number of carbonyl (C=O) groups excluding carboxylic acids is 1. The number of nitrogens with two attached hydrogens (primary N) is 1. The third-order valence-corrected chi connectivity index (χ3v) is 3.89. The van der Waals surface area contributed by atoms with Crippen LogP contribution in [0.1, 0.15) is 48.2 Å². The first-order chi connectivity index (χ1) is 8.72. The minimum absolute atomic E-state index is 0.0673. The van der Waals surface area contributed by atoms with Crippen molar-refractivity contribution in [3.8, 4) is 0 Å². The topological polar surface area (TPSA) is 68.3 Å². The number of nitrogens with one attached hydrogen (secondary N) is 1. The van der Waals surface area contributed by atoms with Gasteiger partial charge in [-0.3, -0.25) is 4.79 Å². The largest absolute Gasteiger partial charge is 0.469 e. The third kappa shape index (κ3) is 2.93. The van der Waals surface area contributed by atoms with Crippen molar-refractivity contribution in [1.29, 1.82) is 0 Å². The van der Waals surface area contributed by atoms with Gasteiger partial charge < -0.3 is 15.5 Å². The molecule has 3 N–H and O–H groups in total. The lowest BCUT2D eigenvalue weighted by atomic mass is 9.84. The average Bonchev–Trinajstić information content (AvgIpc) is 2.83. The molecule has 2 rings (SSSR count). The molecule has 1 atom stereocenters. The summed E-state index contributed by atoms with van der Waals surface area (Å²) in [6.45, 7) is 2.31. The van der Waals surface area contributed by atoms with E-state index in [9.17, 15) is 4.79 Å². The molecule has 18 heavy (non-hydrogen) atoms. The second-order valence-electron chi connectivity index (χ2n) is 5.10. The minimum atomic E-state index is -0.0673. The first kappa shape index (κ1) is 13.1. The predicted octanol–water partition coefficient (Wildman–Crippen LogP) is 2.23. The monoisotopic (exact) mass is 250 g/mol. The molecule has 1 heterocycles. The molecule has 0 bridgehead atoms. The van der Waals surface area contributed by atoms with E-state index < -0.39 is 0 Å². The summed E-state index contributed by atoms with van der Waals surface area (Å²) < 4.78 is 5.15. The molecule has 1 aromatic heterocycles. The standard InChI is InChI=1S/C14H22N2O2/c1-10-12(7-8-18-10)14(17)16-13(9-15)11-5-3-2-4-6-11/h7-8,11,13H,2-6,9,15H2,1H3,(H,16,17). The Balaban J connectivity index is 1.97. The fourth-order valence-corrected chi connectivity index (χ4v) is 2.77. The maximum atomic E-state index is 12.1. The highest BCUT2D eigenvalue weighted by Gasteiger charge is 2.25. The van der Waals surface area contributed by atoms with Gasteiger partial charge in [0.2, 0.25) is 0 Å². The molecule has 0 aromatic carbocycles. The third-order valence-electron chi connectivity index (χ3n) is 3.89. The summed E-state index contributed by atoms with van der Waals surface area (Å²) >= 11 is 0.